The highest BCUT2D eigenvalue weighted by Gasteiger charge is 2.30. The third-order valence-corrected chi connectivity index (χ3v) is 4.11. The SMILES string of the molecule is CCCn1c(-c2ccccc2)c(OC)c(-c2ccccc2)[n+]1C.[O-][Cl+3]([O-])([O-])[O-]. The number of aromatic nitrogens is 2. The average Bonchev–Trinajstić information content (AvgIpc) is 2.94. The second kappa shape index (κ2) is 9.68. The Balaban J connectivity index is 0.000000500. The van der Waals surface area contributed by atoms with Crippen LogP contribution in [0.3, 0.4) is 0 Å². The maximum atomic E-state index is 8.49. The molecule has 0 N–H and O–H groups in total. The third-order valence-electron chi connectivity index (χ3n) is 4.11. The summed E-state index contributed by atoms with van der Waals surface area (Å²) in [5, 5.41) is 0. The highest BCUT2D eigenvalue weighted by atomic mass is 35.7. The van der Waals surface area contributed by atoms with Gasteiger partial charge in [-0.05, 0) is 18.6 Å². The molecular weight excluding hydrogens is 384 g/mol. The maximum Gasteiger partial charge on any atom is 0.280 e. The van der Waals surface area contributed by atoms with E-state index < -0.39 is 10.2 Å². The molecule has 0 amide bonds. The molecule has 1 aromatic heterocycles. The number of methoxy groups -OCH3 is 1. The Hall–Kier alpha value is -2.42. The van der Waals surface area contributed by atoms with Gasteiger partial charge in [0.1, 0.15) is 0 Å². The van der Waals surface area contributed by atoms with Crippen molar-refractivity contribution >= 4 is 0 Å². The third kappa shape index (κ3) is 5.54. The van der Waals surface area contributed by atoms with Crippen LogP contribution in [-0.4, -0.2) is 11.8 Å². The first-order chi connectivity index (χ1) is 13.3. The molecule has 0 spiro atoms. The predicted octanol–water partition coefficient (Wildman–Crippen LogP) is -0.691. The summed E-state index contributed by atoms with van der Waals surface area (Å²) in [4.78, 5) is 0. The van der Waals surface area contributed by atoms with Crippen molar-refractivity contribution < 1.29 is 38.3 Å². The Morgan fingerprint density at radius 3 is 1.79 bits per heavy atom. The topological polar surface area (TPSA) is 110 Å². The van der Waals surface area contributed by atoms with Crippen molar-refractivity contribution in [3.63, 3.8) is 0 Å². The molecule has 28 heavy (non-hydrogen) atoms. The van der Waals surface area contributed by atoms with Gasteiger partial charge < -0.3 is 4.74 Å². The lowest BCUT2D eigenvalue weighted by atomic mass is 10.1. The summed E-state index contributed by atoms with van der Waals surface area (Å²) in [6.07, 6.45) is 1.07. The molecule has 0 aliphatic rings. The molecule has 0 atom stereocenters. The van der Waals surface area contributed by atoms with Crippen LogP contribution in [0.5, 0.6) is 5.75 Å². The van der Waals surface area contributed by atoms with Crippen molar-refractivity contribution in [2.75, 3.05) is 7.11 Å². The van der Waals surface area contributed by atoms with Crippen LogP contribution in [0.4, 0.5) is 0 Å². The second-order valence-electron chi connectivity index (χ2n) is 5.99. The quantitative estimate of drug-likeness (QED) is 0.521. The number of rotatable bonds is 5. The number of ether oxygens (including phenoxy) is 1. The van der Waals surface area contributed by atoms with Crippen LogP contribution in [0, 0.1) is 10.2 Å². The van der Waals surface area contributed by atoms with Crippen LogP contribution in [0.1, 0.15) is 13.3 Å². The van der Waals surface area contributed by atoms with Crippen LogP contribution in [-0.2, 0) is 13.6 Å². The zero-order valence-electron chi connectivity index (χ0n) is 16.0. The van der Waals surface area contributed by atoms with E-state index in [2.05, 4.69) is 71.9 Å². The van der Waals surface area contributed by atoms with E-state index in [0.29, 0.717) is 0 Å². The van der Waals surface area contributed by atoms with Gasteiger partial charge in [-0.25, -0.2) is 18.6 Å². The summed E-state index contributed by atoms with van der Waals surface area (Å²) in [6, 6.07) is 20.9. The molecule has 0 bridgehead atoms. The molecule has 0 aliphatic carbocycles. The Morgan fingerprint density at radius 2 is 1.36 bits per heavy atom. The van der Waals surface area contributed by atoms with Gasteiger partial charge in [0.25, 0.3) is 5.69 Å². The molecule has 0 aliphatic heterocycles. The molecule has 0 fully saturated rings. The van der Waals surface area contributed by atoms with Gasteiger partial charge in [0.2, 0.25) is 5.75 Å². The minimum atomic E-state index is -4.94. The van der Waals surface area contributed by atoms with Crippen molar-refractivity contribution in [1.29, 1.82) is 0 Å². The van der Waals surface area contributed by atoms with Gasteiger partial charge in [0.05, 0.1) is 19.2 Å². The fourth-order valence-electron chi connectivity index (χ4n) is 3.10. The molecular formula is C20H23ClN2O5. The highest BCUT2D eigenvalue weighted by molar-refractivity contribution is 5.76. The van der Waals surface area contributed by atoms with E-state index in [1.807, 2.05) is 12.1 Å². The van der Waals surface area contributed by atoms with Gasteiger partial charge in [-0.2, -0.15) is 0 Å². The van der Waals surface area contributed by atoms with E-state index in [4.69, 9.17) is 23.4 Å². The fraction of sp³-hybridized carbons (Fsp3) is 0.250. The molecule has 2 aromatic carbocycles. The van der Waals surface area contributed by atoms with Gasteiger partial charge in [0, 0.05) is 5.56 Å². The predicted molar refractivity (Wildman–Crippen MR) is 93.3 cm³/mol. The zero-order valence-corrected chi connectivity index (χ0v) is 16.8. The number of hydrogen-bond donors (Lipinski definition) is 0. The first kappa shape index (κ1) is 21.9. The lowest BCUT2D eigenvalue weighted by molar-refractivity contribution is -2.00. The average molecular weight is 407 g/mol. The lowest BCUT2D eigenvalue weighted by Gasteiger charge is -2.17. The Labute approximate surface area is 166 Å². The Bertz CT molecular complexity index is 871. The van der Waals surface area contributed by atoms with E-state index in [1.165, 1.54) is 11.1 Å². The van der Waals surface area contributed by atoms with Gasteiger partial charge in [-0.3, -0.25) is 0 Å². The van der Waals surface area contributed by atoms with E-state index in [-0.39, 0.29) is 0 Å². The summed E-state index contributed by atoms with van der Waals surface area (Å²) in [5.41, 5.74) is 4.59. The molecule has 3 aromatic rings. The van der Waals surface area contributed by atoms with Crippen molar-refractivity contribution in [3.8, 4) is 28.3 Å². The summed E-state index contributed by atoms with van der Waals surface area (Å²) >= 11 is 0. The van der Waals surface area contributed by atoms with Gasteiger partial charge in [-0.15, -0.1) is 19.6 Å². The highest BCUT2D eigenvalue weighted by Crippen LogP contribution is 2.37. The Kier molecular flexibility index (Phi) is 7.56. The largest absolute Gasteiger partial charge is 0.489 e. The van der Waals surface area contributed by atoms with Crippen molar-refractivity contribution in [1.82, 2.24) is 4.68 Å². The summed E-state index contributed by atoms with van der Waals surface area (Å²) in [7, 11) is -1.09. The molecule has 150 valence electrons. The van der Waals surface area contributed by atoms with Gasteiger partial charge in [0.15, 0.2) is 12.7 Å². The summed E-state index contributed by atoms with van der Waals surface area (Å²) in [5.74, 6) is 0.929. The Morgan fingerprint density at radius 1 is 0.893 bits per heavy atom. The molecule has 1 heterocycles. The molecule has 0 unspecified atom stereocenters. The van der Waals surface area contributed by atoms with Crippen molar-refractivity contribution in [3.05, 3.63) is 60.7 Å². The monoisotopic (exact) mass is 406 g/mol. The minimum absolute atomic E-state index is 0.929. The fourth-order valence-corrected chi connectivity index (χ4v) is 3.10. The van der Waals surface area contributed by atoms with Crippen molar-refractivity contribution in [2.45, 2.75) is 19.9 Å². The molecule has 3 rings (SSSR count). The first-order valence-corrected chi connectivity index (χ1v) is 9.90. The summed E-state index contributed by atoms with van der Waals surface area (Å²) in [6.45, 7) is 3.15. The molecule has 0 saturated heterocycles. The number of benzene rings is 2. The van der Waals surface area contributed by atoms with E-state index in [9.17, 15) is 0 Å². The zero-order chi connectivity index (χ0) is 20.7. The van der Waals surface area contributed by atoms with Crippen LogP contribution < -0.4 is 28.1 Å². The molecule has 7 nitrogen and oxygen atoms in total. The normalized spacial score (nSPS) is 11.0. The smallest absolute Gasteiger partial charge is 0.280 e. The van der Waals surface area contributed by atoms with Crippen LogP contribution in [0.25, 0.3) is 22.5 Å². The lowest BCUT2D eigenvalue weighted by Crippen LogP contribution is -2.68. The maximum absolute atomic E-state index is 8.49. The first-order valence-electron chi connectivity index (χ1n) is 8.67. The van der Waals surface area contributed by atoms with Gasteiger partial charge in [-0.1, -0.05) is 55.5 Å². The van der Waals surface area contributed by atoms with Crippen LogP contribution in [0.2, 0.25) is 0 Å². The second-order valence-corrected chi connectivity index (χ2v) is 6.74. The number of hydrogen-bond acceptors (Lipinski definition) is 5. The summed E-state index contributed by atoms with van der Waals surface area (Å²) < 4.78 is 44.3. The molecule has 8 heteroatoms. The van der Waals surface area contributed by atoms with Crippen molar-refractivity contribution in [2.24, 2.45) is 7.05 Å². The van der Waals surface area contributed by atoms with E-state index >= 15 is 0 Å². The van der Waals surface area contributed by atoms with E-state index in [0.717, 1.165) is 30.1 Å². The number of halogens is 1. The minimum Gasteiger partial charge on any atom is -0.489 e. The number of nitrogens with zero attached hydrogens (tertiary/aromatic N) is 2. The van der Waals surface area contributed by atoms with Gasteiger partial charge >= 0.3 is 0 Å². The van der Waals surface area contributed by atoms with Crippen LogP contribution in [0.15, 0.2) is 60.7 Å². The standard InChI is InChI=1S/C20H23N2O.ClHO4/c1-4-15-22-19(17-13-9-6-10-14-17)20(23-3)18(21(22)2)16-11-7-5-8-12-16;2-1(3,4)5/h5-14H,4,15H2,1-3H3;(H,2,3,4,5)/q+1;/p-1. The molecule has 0 saturated carbocycles. The van der Waals surface area contributed by atoms with Crippen LogP contribution >= 0.6 is 0 Å². The van der Waals surface area contributed by atoms with E-state index in [1.54, 1.807) is 7.11 Å². The molecule has 0 radical (unpaired) electrons.